The molecule has 0 saturated carbocycles. The molecule has 2 aromatic rings. The van der Waals surface area contributed by atoms with E-state index in [0.717, 1.165) is 18.5 Å². The van der Waals surface area contributed by atoms with Crippen LogP contribution in [0.15, 0.2) is 18.2 Å². The van der Waals surface area contributed by atoms with Crippen LogP contribution < -0.4 is 18.9 Å². The number of benzene rings is 1. The fourth-order valence-corrected chi connectivity index (χ4v) is 3.52. The normalized spacial score (nSPS) is 16.3. The van der Waals surface area contributed by atoms with Crippen molar-refractivity contribution in [2.45, 2.75) is 32.8 Å². The predicted molar refractivity (Wildman–Crippen MR) is 107 cm³/mol. The summed E-state index contributed by atoms with van der Waals surface area (Å²) in [6.07, 6.45) is 1.59. The fraction of sp³-hybridized carbons (Fsp3) is 0.476. The molecule has 1 amide bonds. The van der Waals surface area contributed by atoms with E-state index in [1.807, 2.05) is 19.9 Å². The van der Waals surface area contributed by atoms with Gasteiger partial charge in [-0.2, -0.15) is 4.98 Å². The van der Waals surface area contributed by atoms with Gasteiger partial charge in [-0.25, -0.2) is 4.98 Å². The maximum absolute atomic E-state index is 13.1. The Balaban J connectivity index is 1.77. The summed E-state index contributed by atoms with van der Waals surface area (Å²) in [6, 6.07) is 5.16. The Labute approximate surface area is 170 Å². The second-order valence-electron chi connectivity index (χ2n) is 6.94. The number of likely N-dealkylation sites (tertiary alicyclic amines) is 1. The number of rotatable bonds is 6. The van der Waals surface area contributed by atoms with Crippen molar-refractivity contribution in [3.8, 4) is 23.1 Å². The Morgan fingerprint density at radius 2 is 1.72 bits per heavy atom. The first-order valence-electron chi connectivity index (χ1n) is 9.53. The van der Waals surface area contributed by atoms with Crippen molar-refractivity contribution < 1.29 is 23.7 Å². The zero-order valence-electron chi connectivity index (χ0n) is 17.5. The molecule has 1 atom stereocenters. The van der Waals surface area contributed by atoms with Gasteiger partial charge in [0.05, 0.1) is 27.9 Å². The van der Waals surface area contributed by atoms with E-state index in [1.165, 1.54) is 21.3 Å². The maximum atomic E-state index is 13.1. The molecule has 1 aromatic heterocycles. The van der Waals surface area contributed by atoms with Crippen LogP contribution in [-0.4, -0.2) is 61.3 Å². The highest BCUT2D eigenvalue weighted by atomic mass is 16.5. The average Bonchev–Trinajstić information content (AvgIpc) is 2.71. The van der Waals surface area contributed by atoms with Gasteiger partial charge in [0.25, 0.3) is 5.91 Å². The highest BCUT2D eigenvalue weighted by Crippen LogP contribution is 2.38. The molecule has 8 nitrogen and oxygen atoms in total. The quantitative estimate of drug-likeness (QED) is 0.736. The van der Waals surface area contributed by atoms with E-state index < -0.39 is 0 Å². The van der Waals surface area contributed by atoms with Gasteiger partial charge in [-0.1, -0.05) is 0 Å². The first kappa shape index (κ1) is 20.7. The highest BCUT2D eigenvalue weighted by molar-refractivity contribution is 5.95. The topological polar surface area (TPSA) is 83.0 Å². The molecule has 3 rings (SSSR count). The molecule has 0 N–H and O–H groups in total. The number of aromatic nitrogens is 2. The van der Waals surface area contributed by atoms with Gasteiger partial charge in [0.2, 0.25) is 11.6 Å². The Bertz CT molecular complexity index is 841. The minimum atomic E-state index is -0.122. The van der Waals surface area contributed by atoms with Gasteiger partial charge >= 0.3 is 0 Å². The SMILES string of the molecule is COc1cc(C(=O)N2CCCC(Oc3cc(C)nc(C)n3)C2)cc(OC)c1OC. The summed E-state index contributed by atoms with van der Waals surface area (Å²) in [4.78, 5) is 23.5. The highest BCUT2D eigenvalue weighted by Gasteiger charge is 2.27. The van der Waals surface area contributed by atoms with Crippen molar-refractivity contribution in [3.63, 3.8) is 0 Å². The van der Waals surface area contributed by atoms with Crippen molar-refractivity contribution in [2.75, 3.05) is 34.4 Å². The van der Waals surface area contributed by atoms with Crippen LogP contribution in [0.4, 0.5) is 0 Å². The summed E-state index contributed by atoms with van der Waals surface area (Å²) in [7, 11) is 4.59. The smallest absolute Gasteiger partial charge is 0.254 e. The molecule has 1 saturated heterocycles. The number of methoxy groups -OCH3 is 3. The summed E-state index contributed by atoms with van der Waals surface area (Å²) in [6.45, 7) is 4.89. The molecule has 1 aromatic carbocycles. The molecule has 0 radical (unpaired) electrons. The predicted octanol–water partition coefficient (Wildman–Crippen LogP) is 2.80. The van der Waals surface area contributed by atoms with Gasteiger partial charge in [-0.3, -0.25) is 4.79 Å². The number of aryl methyl sites for hydroxylation is 2. The lowest BCUT2D eigenvalue weighted by Gasteiger charge is -2.33. The number of carbonyl (C=O) groups is 1. The molecule has 1 unspecified atom stereocenters. The van der Waals surface area contributed by atoms with Crippen LogP contribution in [0.3, 0.4) is 0 Å². The fourth-order valence-electron chi connectivity index (χ4n) is 3.52. The van der Waals surface area contributed by atoms with Crippen molar-refractivity contribution >= 4 is 5.91 Å². The Morgan fingerprint density at radius 1 is 1.03 bits per heavy atom. The third kappa shape index (κ3) is 4.70. The van der Waals surface area contributed by atoms with Gasteiger partial charge < -0.3 is 23.8 Å². The van der Waals surface area contributed by atoms with Crippen LogP contribution in [0.25, 0.3) is 0 Å². The van der Waals surface area contributed by atoms with Gasteiger partial charge in [-0.15, -0.1) is 0 Å². The molecule has 2 heterocycles. The molecule has 0 spiro atoms. The minimum Gasteiger partial charge on any atom is -0.493 e. The number of carbonyl (C=O) groups excluding carboxylic acids is 1. The van der Waals surface area contributed by atoms with Crippen LogP contribution in [0.1, 0.15) is 34.7 Å². The molecule has 29 heavy (non-hydrogen) atoms. The average molecular weight is 401 g/mol. The molecule has 0 bridgehead atoms. The van der Waals surface area contributed by atoms with Crippen molar-refractivity contribution in [3.05, 3.63) is 35.3 Å². The van der Waals surface area contributed by atoms with E-state index in [9.17, 15) is 4.79 Å². The largest absolute Gasteiger partial charge is 0.493 e. The number of hydrogen-bond acceptors (Lipinski definition) is 7. The van der Waals surface area contributed by atoms with Crippen molar-refractivity contribution in [1.82, 2.24) is 14.9 Å². The van der Waals surface area contributed by atoms with E-state index in [0.29, 0.717) is 47.6 Å². The van der Waals surface area contributed by atoms with Gasteiger partial charge in [-0.05, 0) is 38.8 Å². The van der Waals surface area contributed by atoms with Crippen LogP contribution in [0, 0.1) is 13.8 Å². The second kappa shape index (κ2) is 8.98. The first-order valence-corrected chi connectivity index (χ1v) is 9.53. The zero-order valence-corrected chi connectivity index (χ0v) is 17.5. The maximum Gasteiger partial charge on any atom is 0.254 e. The molecular formula is C21H27N3O5. The molecule has 156 valence electrons. The van der Waals surface area contributed by atoms with Gasteiger partial charge in [0.15, 0.2) is 11.5 Å². The Hall–Kier alpha value is -3.03. The third-order valence-electron chi connectivity index (χ3n) is 4.81. The van der Waals surface area contributed by atoms with Crippen LogP contribution >= 0.6 is 0 Å². The molecule has 1 aliphatic rings. The molecule has 1 aliphatic heterocycles. The third-order valence-corrected chi connectivity index (χ3v) is 4.81. The van der Waals surface area contributed by atoms with Crippen LogP contribution in [0.5, 0.6) is 23.1 Å². The lowest BCUT2D eigenvalue weighted by Crippen LogP contribution is -2.44. The van der Waals surface area contributed by atoms with E-state index >= 15 is 0 Å². The second-order valence-corrected chi connectivity index (χ2v) is 6.94. The van der Waals surface area contributed by atoms with Crippen LogP contribution in [0.2, 0.25) is 0 Å². The Morgan fingerprint density at radius 3 is 2.31 bits per heavy atom. The first-order chi connectivity index (χ1) is 13.9. The molecular weight excluding hydrogens is 374 g/mol. The summed E-state index contributed by atoms with van der Waals surface area (Å²) in [5, 5.41) is 0. The number of nitrogens with zero attached hydrogens (tertiary/aromatic N) is 3. The van der Waals surface area contributed by atoms with E-state index in [-0.39, 0.29) is 12.0 Å². The van der Waals surface area contributed by atoms with E-state index in [4.69, 9.17) is 18.9 Å². The lowest BCUT2D eigenvalue weighted by molar-refractivity contribution is 0.0526. The van der Waals surface area contributed by atoms with Crippen molar-refractivity contribution in [1.29, 1.82) is 0 Å². The minimum absolute atomic E-state index is 0.104. The summed E-state index contributed by atoms with van der Waals surface area (Å²) < 4.78 is 22.1. The van der Waals surface area contributed by atoms with E-state index in [1.54, 1.807) is 17.0 Å². The molecule has 0 aliphatic carbocycles. The number of piperidine rings is 1. The summed E-state index contributed by atoms with van der Waals surface area (Å²) >= 11 is 0. The van der Waals surface area contributed by atoms with E-state index in [2.05, 4.69) is 9.97 Å². The number of ether oxygens (including phenoxy) is 4. The molecule has 8 heteroatoms. The van der Waals surface area contributed by atoms with Crippen molar-refractivity contribution in [2.24, 2.45) is 0 Å². The number of hydrogen-bond donors (Lipinski definition) is 0. The summed E-state index contributed by atoms with van der Waals surface area (Å²) in [5.74, 6) is 2.47. The van der Waals surface area contributed by atoms with Gasteiger partial charge in [0.1, 0.15) is 11.9 Å². The van der Waals surface area contributed by atoms with Gasteiger partial charge in [0, 0.05) is 23.9 Å². The lowest BCUT2D eigenvalue weighted by atomic mass is 10.1. The zero-order chi connectivity index (χ0) is 21.0. The van der Waals surface area contributed by atoms with Crippen LogP contribution in [-0.2, 0) is 0 Å². The number of amides is 1. The monoisotopic (exact) mass is 401 g/mol. The Kier molecular flexibility index (Phi) is 6.41. The standard InChI is InChI=1S/C21H27N3O5/c1-13-9-19(23-14(2)22-13)29-16-7-6-8-24(12-16)21(25)15-10-17(26-3)20(28-5)18(11-15)27-4/h9-11,16H,6-8,12H2,1-5H3. The summed E-state index contributed by atoms with van der Waals surface area (Å²) in [5.41, 5.74) is 1.34. The molecule has 1 fully saturated rings.